The second-order valence-electron chi connectivity index (χ2n) is 4.72. The second-order valence-corrected chi connectivity index (χ2v) is 9.77. The summed E-state index contributed by atoms with van der Waals surface area (Å²) in [5, 5.41) is 1.36. The van der Waals surface area contributed by atoms with Gasteiger partial charge in [0.15, 0.2) is 5.52 Å². The molecule has 0 atom stereocenters. The molecule has 0 fully saturated rings. The van der Waals surface area contributed by atoms with Crippen molar-refractivity contribution >= 4 is 19.1 Å². The van der Waals surface area contributed by atoms with Gasteiger partial charge in [0.05, 0.1) is 0 Å². The fourth-order valence-electron chi connectivity index (χ4n) is 2.84. The molecule has 1 aromatic heterocycles. The minimum Gasteiger partial charge on any atom is -0.273 e. The zero-order valence-corrected chi connectivity index (χ0v) is 12.1. The minimum atomic E-state index is -1.34. The summed E-state index contributed by atoms with van der Waals surface area (Å²) in [7, 11) is -1.34. The van der Waals surface area contributed by atoms with Crippen molar-refractivity contribution < 1.29 is 4.23 Å². The van der Waals surface area contributed by atoms with E-state index in [-0.39, 0.29) is 0 Å². The highest BCUT2D eigenvalue weighted by molar-refractivity contribution is 6.71. The topological polar surface area (TPSA) is 3.88 Å². The lowest BCUT2D eigenvalue weighted by Gasteiger charge is -2.21. The third kappa shape index (κ3) is 2.02. The van der Waals surface area contributed by atoms with Gasteiger partial charge >= 0.3 is 8.24 Å². The average molecular weight is 244 g/mol. The van der Waals surface area contributed by atoms with Gasteiger partial charge in [-0.2, -0.15) is 0 Å². The highest BCUT2D eigenvalue weighted by atomic mass is 28.3. The molecule has 0 aliphatic heterocycles. The number of para-hydroxylation sites is 1. The number of benzene rings is 1. The lowest BCUT2D eigenvalue weighted by molar-refractivity contribution is -0.519. The average Bonchev–Trinajstić information content (AvgIpc) is 2.41. The normalized spacial score (nSPS) is 11.9. The molecule has 0 saturated heterocycles. The van der Waals surface area contributed by atoms with Crippen molar-refractivity contribution in [1.29, 1.82) is 0 Å². The molecule has 1 nitrogen and oxygen atoms in total. The summed E-state index contributed by atoms with van der Waals surface area (Å²) in [6, 6.07) is 17.1. The van der Waals surface area contributed by atoms with E-state index >= 15 is 0 Å². The molecule has 0 amide bonds. The second kappa shape index (κ2) is 5.01. The fourth-order valence-corrected chi connectivity index (χ4v) is 6.47. The van der Waals surface area contributed by atoms with Crippen LogP contribution in [0.4, 0.5) is 0 Å². The Morgan fingerprint density at radius 3 is 2.12 bits per heavy atom. The summed E-state index contributed by atoms with van der Waals surface area (Å²) in [5.41, 5.74) is 1.41. The lowest BCUT2D eigenvalue weighted by Crippen LogP contribution is -2.63. The number of pyridine rings is 1. The molecule has 0 unspecified atom stereocenters. The Morgan fingerprint density at radius 1 is 0.882 bits per heavy atom. The first-order valence-corrected chi connectivity index (χ1v) is 9.24. The molecule has 0 N–H and O–H groups in total. The van der Waals surface area contributed by atoms with E-state index in [0.29, 0.717) is 0 Å². The van der Waals surface area contributed by atoms with Gasteiger partial charge in [-0.15, -0.1) is 0 Å². The molecule has 0 saturated carbocycles. The van der Waals surface area contributed by atoms with Crippen LogP contribution in [0.5, 0.6) is 0 Å². The Kier molecular flexibility index (Phi) is 3.62. The summed E-state index contributed by atoms with van der Waals surface area (Å²) in [6.45, 7) is 7.07. The first kappa shape index (κ1) is 12.3. The molecule has 0 spiro atoms. The molecule has 90 valence electrons. The molecule has 2 heteroatoms. The summed E-state index contributed by atoms with van der Waals surface area (Å²) in [5.74, 6) is 0. The molecule has 0 bridgehead atoms. The van der Waals surface area contributed by atoms with Gasteiger partial charge in [0.2, 0.25) is 0 Å². The van der Waals surface area contributed by atoms with Gasteiger partial charge < -0.3 is 0 Å². The Morgan fingerprint density at radius 2 is 1.47 bits per heavy atom. The van der Waals surface area contributed by atoms with Crippen molar-refractivity contribution in [3.05, 3.63) is 42.6 Å². The summed E-state index contributed by atoms with van der Waals surface area (Å²) in [4.78, 5) is 0. The van der Waals surface area contributed by atoms with E-state index in [2.05, 4.69) is 67.6 Å². The zero-order valence-electron chi connectivity index (χ0n) is 11.1. The minimum absolute atomic E-state index is 1.32. The van der Waals surface area contributed by atoms with E-state index in [0.717, 1.165) is 0 Å². The van der Waals surface area contributed by atoms with E-state index in [4.69, 9.17) is 0 Å². The van der Waals surface area contributed by atoms with Crippen LogP contribution in [0.25, 0.3) is 10.9 Å². The molecule has 17 heavy (non-hydrogen) atoms. The standard InChI is InChI=1S/C15H22NSi/c1-4-17(5-2,6-3)16-13-9-11-14-10-7-8-12-15(14)16/h7-13H,4-6H2,1-3H3/q+1. The molecule has 2 rings (SSSR count). The summed E-state index contributed by atoms with van der Waals surface area (Å²) in [6.07, 6.45) is 2.30. The van der Waals surface area contributed by atoms with Crippen molar-refractivity contribution in [2.24, 2.45) is 0 Å². The number of hydrogen-bond donors (Lipinski definition) is 0. The first-order valence-electron chi connectivity index (χ1n) is 6.67. The van der Waals surface area contributed by atoms with Crippen LogP contribution in [0.3, 0.4) is 0 Å². The van der Waals surface area contributed by atoms with Gasteiger partial charge in [-0.1, -0.05) is 32.9 Å². The van der Waals surface area contributed by atoms with Gasteiger partial charge in [-0.25, -0.2) is 0 Å². The molecule has 0 radical (unpaired) electrons. The molecule has 2 aromatic rings. The quantitative estimate of drug-likeness (QED) is 0.716. The number of nitrogens with zero attached hydrogens (tertiary/aromatic N) is 1. The molecule has 1 aromatic carbocycles. The van der Waals surface area contributed by atoms with Crippen LogP contribution in [0.1, 0.15) is 20.8 Å². The third-order valence-electron chi connectivity index (χ3n) is 4.19. The van der Waals surface area contributed by atoms with Crippen LogP contribution in [0, 0.1) is 0 Å². The van der Waals surface area contributed by atoms with Crippen molar-refractivity contribution in [2.75, 3.05) is 0 Å². The van der Waals surface area contributed by atoms with Gasteiger partial charge in [0, 0.05) is 35.7 Å². The van der Waals surface area contributed by atoms with Crippen molar-refractivity contribution in [3.63, 3.8) is 0 Å². The Labute approximate surface area is 105 Å². The largest absolute Gasteiger partial charge is 0.363 e. The number of aromatic nitrogens is 1. The molecular weight excluding hydrogens is 222 g/mol. The summed E-state index contributed by atoms with van der Waals surface area (Å²) < 4.78 is 2.61. The van der Waals surface area contributed by atoms with Crippen molar-refractivity contribution in [3.8, 4) is 0 Å². The zero-order chi connectivity index (χ0) is 12.3. The maximum atomic E-state index is 2.61. The number of hydrogen-bond acceptors (Lipinski definition) is 0. The molecule has 0 aliphatic rings. The first-order chi connectivity index (χ1) is 8.27. The van der Waals surface area contributed by atoms with Crippen molar-refractivity contribution in [1.82, 2.24) is 0 Å². The predicted octanol–water partition coefficient (Wildman–Crippen LogP) is 3.98. The Balaban J connectivity index is 2.69. The molecular formula is C15H22NSi+. The van der Waals surface area contributed by atoms with Gasteiger partial charge in [-0.05, 0) is 12.1 Å². The van der Waals surface area contributed by atoms with Crippen LogP contribution in [0.2, 0.25) is 18.1 Å². The van der Waals surface area contributed by atoms with Crippen LogP contribution in [0.15, 0.2) is 42.6 Å². The lowest BCUT2D eigenvalue weighted by atomic mass is 10.2. The van der Waals surface area contributed by atoms with Crippen LogP contribution < -0.4 is 4.23 Å². The summed E-state index contributed by atoms with van der Waals surface area (Å²) >= 11 is 0. The van der Waals surface area contributed by atoms with Gasteiger partial charge in [0.25, 0.3) is 0 Å². The SMILES string of the molecule is CC[Si](CC)(CC)[n+]1cccc2ccccc21. The van der Waals surface area contributed by atoms with E-state index < -0.39 is 8.24 Å². The number of fused-ring (bicyclic) bond motifs is 1. The smallest absolute Gasteiger partial charge is 0.273 e. The van der Waals surface area contributed by atoms with Gasteiger partial charge in [0.1, 0.15) is 6.20 Å². The monoisotopic (exact) mass is 244 g/mol. The van der Waals surface area contributed by atoms with Crippen molar-refractivity contribution in [2.45, 2.75) is 38.9 Å². The molecule has 0 aliphatic carbocycles. The highest BCUT2D eigenvalue weighted by Crippen LogP contribution is 2.19. The molecule has 1 heterocycles. The predicted molar refractivity (Wildman–Crippen MR) is 76.7 cm³/mol. The van der Waals surface area contributed by atoms with E-state index in [9.17, 15) is 0 Å². The van der Waals surface area contributed by atoms with Crippen LogP contribution >= 0.6 is 0 Å². The number of rotatable bonds is 4. The fraction of sp³-hybridized carbons (Fsp3) is 0.400. The highest BCUT2D eigenvalue weighted by Gasteiger charge is 2.41. The van der Waals surface area contributed by atoms with E-state index in [1.54, 1.807) is 0 Å². The van der Waals surface area contributed by atoms with E-state index in [1.165, 1.54) is 29.0 Å². The maximum Gasteiger partial charge on any atom is 0.363 e. The van der Waals surface area contributed by atoms with E-state index in [1.807, 2.05) is 0 Å². The van der Waals surface area contributed by atoms with Crippen LogP contribution in [-0.4, -0.2) is 8.24 Å². The van der Waals surface area contributed by atoms with Crippen LogP contribution in [-0.2, 0) is 0 Å². The van der Waals surface area contributed by atoms with Gasteiger partial charge in [-0.3, -0.25) is 4.23 Å². The Bertz CT molecular complexity index is 489. The Hall–Kier alpha value is -1.15. The maximum absolute atomic E-state index is 2.61. The third-order valence-corrected chi connectivity index (χ3v) is 9.55.